The molecule has 2 aromatic carbocycles. The third kappa shape index (κ3) is 4.22. The second kappa shape index (κ2) is 7.99. The fraction of sp³-hybridized carbons (Fsp3) is 0.250. The number of ether oxygens (including phenoxy) is 1. The number of carbonyl (C=O) groups is 2. The molecule has 0 bridgehead atoms. The molecule has 0 saturated heterocycles. The van der Waals surface area contributed by atoms with E-state index in [4.69, 9.17) is 4.74 Å². The van der Waals surface area contributed by atoms with Crippen LogP contribution in [0.3, 0.4) is 0 Å². The summed E-state index contributed by atoms with van der Waals surface area (Å²) in [7, 11) is 0. The molecule has 4 rings (SSSR count). The van der Waals surface area contributed by atoms with Crippen molar-refractivity contribution in [1.82, 2.24) is 25.5 Å². The molecule has 142 valence electrons. The predicted octanol–water partition coefficient (Wildman–Crippen LogP) is 2.09. The number of aromatic nitrogens is 4. The molecular weight excluding hydrogens is 358 g/mol. The molecule has 1 N–H and O–H groups in total. The highest BCUT2D eigenvalue weighted by molar-refractivity contribution is 5.91. The van der Waals surface area contributed by atoms with Crippen molar-refractivity contribution in [3.8, 4) is 5.69 Å². The van der Waals surface area contributed by atoms with Crippen molar-refractivity contribution in [3.05, 3.63) is 72.1 Å². The molecule has 1 amide bonds. The Bertz CT molecular complexity index is 955. The van der Waals surface area contributed by atoms with E-state index in [1.807, 2.05) is 30.3 Å². The predicted molar refractivity (Wildman–Crippen MR) is 99.5 cm³/mol. The molecule has 0 radical (unpaired) electrons. The largest absolute Gasteiger partial charge is 0.452 e. The summed E-state index contributed by atoms with van der Waals surface area (Å²) < 4.78 is 6.62. The normalized spacial score (nSPS) is 14.3. The zero-order valence-corrected chi connectivity index (χ0v) is 15.1. The first kappa shape index (κ1) is 17.8. The molecule has 1 aromatic heterocycles. The van der Waals surface area contributed by atoms with Crippen LogP contribution < -0.4 is 5.32 Å². The standard InChI is InChI=1S/C20H19N5O3/c26-18(22-19(15-9-10-15)14-5-2-1-3-6-14)12-28-20(27)16-7-4-8-17(11-16)25-13-21-23-24-25/h1-8,11,13,15,19H,9-10,12H2,(H,22,26)/t19-/m1/s1. The van der Waals surface area contributed by atoms with Gasteiger partial charge in [-0.25, -0.2) is 9.48 Å². The van der Waals surface area contributed by atoms with Gasteiger partial charge in [0.05, 0.1) is 17.3 Å². The van der Waals surface area contributed by atoms with Crippen LogP contribution in [0.5, 0.6) is 0 Å². The van der Waals surface area contributed by atoms with Crippen LogP contribution in [0.25, 0.3) is 5.69 Å². The van der Waals surface area contributed by atoms with Gasteiger partial charge in [0.25, 0.3) is 5.91 Å². The molecule has 8 nitrogen and oxygen atoms in total. The van der Waals surface area contributed by atoms with Crippen molar-refractivity contribution in [3.63, 3.8) is 0 Å². The highest BCUT2D eigenvalue weighted by Crippen LogP contribution is 2.40. The Balaban J connectivity index is 1.35. The molecule has 1 fully saturated rings. The van der Waals surface area contributed by atoms with Crippen LogP contribution in [-0.4, -0.2) is 38.7 Å². The number of carbonyl (C=O) groups excluding carboxylic acids is 2. The van der Waals surface area contributed by atoms with E-state index in [9.17, 15) is 9.59 Å². The Morgan fingerprint density at radius 3 is 2.68 bits per heavy atom. The number of hydrogen-bond acceptors (Lipinski definition) is 6. The first-order chi connectivity index (χ1) is 13.7. The van der Waals surface area contributed by atoms with Gasteiger partial charge in [-0.1, -0.05) is 36.4 Å². The van der Waals surface area contributed by atoms with Crippen molar-refractivity contribution in [2.24, 2.45) is 5.92 Å². The average molecular weight is 377 g/mol. The molecule has 8 heteroatoms. The average Bonchev–Trinajstić information content (AvgIpc) is 3.43. The van der Waals surface area contributed by atoms with Gasteiger partial charge in [-0.15, -0.1) is 5.10 Å². The molecule has 1 aliphatic carbocycles. The lowest BCUT2D eigenvalue weighted by Crippen LogP contribution is -2.33. The van der Waals surface area contributed by atoms with Crippen molar-refractivity contribution in [2.45, 2.75) is 18.9 Å². The van der Waals surface area contributed by atoms with Crippen molar-refractivity contribution < 1.29 is 14.3 Å². The summed E-state index contributed by atoms with van der Waals surface area (Å²) in [5.41, 5.74) is 2.02. The van der Waals surface area contributed by atoms with Crippen LogP contribution in [0.4, 0.5) is 0 Å². The highest BCUT2D eigenvalue weighted by Gasteiger charge is 2.33. The van der Waals surface area contributed by atoms with Gasteiger partial charge in [0, 0.05) is 0 Å². The van der Waals surface area contributed by atoms with Crippen molar-refractivity contribution in [2.75, 3.05) is 6.61 Å². The minimum Gasteiger partial charge on any atom is -0.452 e. The third-order valence-corrected chi connectivity index (χ3v) is 4.60. The maximum atomic E-state index is 12.3. The highest BCUT2D eigenvalue weighted by atomic mass is 16.5. The molecule has 3 aromatic rings. The quantitative estimate of drug-likeness (QED) is 0.633. The second-order valence-corrected chi connectivity index (χ2v) is 6.67. The smallest absolute Gasteiger partial charge is 0.338 e. The minimum absolute atomic E-state index is 0.0458. The van der Waals surface area contributed by atoms with E-state index in [-0.39, 0.29) is 18.6 Å². The molecule has 1 aliphatic rings. The summed E-state index contributed by atoms with van der Waals surface area (Å²) in [6.45, 7) is -0.329. The Labute approximate surface area is 161 Å². The number of tetrazole rings is 1. The lowest BCUT2D eigenvalue weighted by atomic mass is 10.0. The summed E-state index contributed by atoms with van der Waals surface area (Å²) >= 11 is 0. The van der Waals surface area contributed by atoms with Gasteiger partial charge < -0.3 is 10.1 Å². The molecule has 1 saturated carbocycles. The summed E-state index contributed by atoms with van der Waals surface area (Å²) in [5.74, 6) is -0.450. The number of nitrogens with one attached hydrogen (secondary N) is 1. The van der Waals surface area contributed by atoms with Crippen LogP contribution in [0, 0.1) is 5.92 Å². The van der Waals surface area contributed by atoms with Gasteiger partial charge in [0.2, 0.25) is 0 Å². The Morgan fingerprint density at radius 2 is 1.96 bits per heavy atom. The van der Waals surface area contributed by atoms with E-state index in [0.29, 0.717) is 17.2 Å². The van der Waals surface area contributed by atoms with E-state index in [1.54, 1.807) is 24.3 Å². The molecule has 0 spiro atoms. The van der Waals surface area contributed by atoms with E-state index < -0.39 is 5.97 Å². The fourth-order valence-electron chi connectivity index (χ4n) is 3.05. The van der Waals surface area contributed by atoms with E-state index in [2.05, 4.69) is 20.8 Å². The zero-order chi connectivity index (χ0) is 19.3. The maximum Gasteiger partial charge on any atom is 0.338 e. The first-order valence-electron chi connectivity index (χ1n) is 9.05. The second-order valence-electron chi connectivity index (χ2n) is 6.67. The number of nitrogens with zero attached hydrogens (tertiary/aromatic N) is 4. The topological polar surface area (TPSA) is 99.0 Å². The molecule has 28 heavy (non-hydrogen) atoms. The van der Waals surface area contributed by atoms with Gasteiger partial charge in [-0.05, 0) is 52.9 Å². The molecule has 0 unspecified atom stereocenters. The van der Waals surface area contributed by atoms with E-state index in [1.165, 1.54) is 11.0 Å². The monoisotopic (exact) mass is 377 g/mol. The first-order valence-corrected chi connectivity index (χ1v) is 9.05. The fourth-order valence-corrected chi connectivity index (χ4v) is 3.05. The molecule has 0 aliphatic heterocycles. The number of amides is 1. The lowest BCUT2D eigenvalue weighted by Gasteiger charge is -2.18. The van der Waals surface area contributed by atoms with Gasteiger partial charge in [-0.3, -0.25) is 4.79 Å². The van der Waals surface area contributed by atoms with Gasteiger partial charge in [-0.2, -0.15) is 0 Å². The van der Waals surface area contributed by atoms with Gasteiger partial charge in [0.15, 0.2) is 6.61 Å². The van der Waals surface area contributed by atoms with E-state index in [0.717, 1.165) is 18.4 Å². The van der Waals surface area contributed by atoms with Crippen molar-refractivity contribution >= 4 is 11.9 Å². The Kier molecular flexibility index (Phi) is 5.09. The van der Waals surface area contributed by atoms with Crippen LogP contribution in [-0.2, 0) is 9.53 Å². The molecule has 1 heterocycles. The van der Waals surface area contributed by atoms with Crippen LogP contribution >= 0.6 is 0 Å². The maximum absolute atomic E-state index is 12.3. The van der Waals surface area contributed by atoms with Gasteiger partial charge >= 0.3 is 5.97 Å². The Morgan fingerprint density at radius 1 is 1.14 bits per heavy atom. The number of rotatable bonds is 7. The van der Waals surface area contributed by atoms with E-state index >= 15 is 0 Å². The molecular formula is C20H19N5O3. The number of esters is 1. The summed E-state index contributed by atoms with van der Waals surface area (Å²) in [6.07, 6.45) is 3.60. The van der Waals surface area contributed by atoms with Crippen molar-refractivity contribution in [1.29, 1.82) is 0 Å². The summed E-state index contributed by atoms with van der Waals surface area (Å²) in [4.78, 5) is 24.6. The number of hydrogen-bond donors (Lipinski definition) is 1. The SMILES string of the molecule is O=C(COC(=O)c1cccc(-n2cnnn2)c1)N[C@H](c1ccccc1)C1CC1. The summed E-state index contributed by atoms with van der Waals surface area (Å²) in [6, 6.07) is 16.5. The van der Waals surface area contributed by atoms with Crippen LogP contribution in [0.15, 0.2) is 60.9 Å². The third-order valence-electron chi connectivity index (χ3n) is 4.60. The summed E-state index contributed by atoms with van der Waals surface area (Å²) in [5, 5.41) is 13.9. The lowest BCUT2D eigenvalue weighted by molar-refractivity contribution is -0.125. The molecule has 1 atom stereocenters. The van der Waals surface area contributed by atoms with Crippen LogP contribution in [0.1, 0.15) is 34.8 Å². The Hall–Kier alpha value is -3.55. The zero-order valence-electron chi connectivity index (χ0n) is 15.1. The number of benzene rings is 2. The van der Waals surface area contributed by atoms with Crippen LogP contribution in [0.2, 0.25) is 0 Å². The van der Waals surface area contributed by atoms with Gasteiger partial charge in [0.1, 0.15) is 6.33 Å². The minimum atomic E-state index is -0.576.